The largest absolute Gasteiger partial charge is 0.454 e. The van der Waals surface area contributed by atoms with Crippen molar-refractivity contribution in [2.45, 2.75) is 0 Å². The van der Waals surface area contributed by atoms with Crippen LogP contribution in [0.25, 0.3) is 146 Å². The number of benzene rings is 11. The Bertz CT molecular complexity index is 4530. The number of fused-ring (bicyclic) bond motifs is 14. The van der Waals surface area contributed by atoms with E-state index >= 15 is 0 Å². The van der Waals surface area contributed by atoms with E-state index < -0.39 is 0 Å². The quantitative estimate of drug-likeness (QED) is 0.131. The van der Waals surface area contributed by atoms with Gasteiger partial charge in [0.25, 0.3) is 0 Å². The lowest BCUT2D eigenvalue weighted by molar-refractivity contribution is 0.671. The molecule has 0 aliphatic carbocycles. The van der Waals surface area contributed by atoms with Crippen molar-refractivity contribution in [3.63, 3.8) is 0 Å². The topological polar surface area (TPSA) is 51.1 Å². The van der Waals surface area contributed by atoms with Crippen LogP contribution >= 0.6 is 11.3 Å². The van der Waals surface area contributed by atoms with Crippen molar-refractivity contribution >= 4 is 124 Å². The summed E-state index contributed by atoms with van der Waals surface area (Å²) >= 11 is 1.77. The zero-order chi connectivity index (χ0) is 44.8. The first-order chi connectivity index (χ1) is 33.7. The van der Waals surface area contributed by atoms with E-state index in [1.165, 1.54) is 20.9 Å². The summed E-state index contributed by atoms with van der Waals surface area (Å²) in [5.41, 5.74) is 10.6. The number of nitriles is 1. The Hall–Kier alpha value is -9.20. The molecule has 6 heteroatoms. The van der Waals surface area contributed by atoms with Crippen LogP contribution in [-0.4, -0.2) is 9.13 Å². The lowest BCUT2D eigenvalue weighted by atomic mass is 9.88. The predicted octanol–water partition coefficient (Wildman–Crippen LogP) is 17.6. The molecule has 0 saturated heterocycles. The third-order valence-electron chi connectivity index (χ3n) is 14.3. The van der Waals surface area contributed by atoms with Gasteiger partial charge < -0.3 is 13.6 Å². The summed E-state index contributed by atoms with van der Waals surface area (Å²) in [5, 5.41) is 25.5. The third kappa shape index (κ3) is 4.71. The van der Waals surface area contributed by atoms with Gasteiger partial charge in [-0.15, -0.1) is 11.3 Å². The van der Waals surface area contributed by atoms with Gasteiger partial charge in [-0.2, -0.15) is 5.26 Å². The van der Waals surface area contributed by atoms with Crippen molar-refractivity contribution in [1.29, 1.82) is 5.26 Å². The SMILES string of the molecule is [C-]#[N+]c1c(-c2ccccc2)c(C#N)c(-n2c3c(ccc4c5ccccc5oc43)c3ccc4c5ccccc5sc4c32)c(-c2ccccc2)c1-n1c2cccc3c4ccccc4c4cccc1c4c32. The molecule has 15 aromatic rings. The zero-order valence-electron chi connectivity index (χ0n) is 36.1. The number of aromatic nitrogens is 2. The summed E-state index contributed by atoms with van der Waals surface area (Å²) in [6.45, 7) is 9.36. The lowest BCUT2D eigenvalue weighted by Gasteiger charge is -2.25. The van der Waals surface area contributed by atoms with Crippen LogP contribution in [0.4, 0.5) is 5.69 Å². The number of furan rings is 1. The van der Waals surface area contributed by atoms with E-state index in [4.69, 9.17) is 4.42 Å². The first-order valence-electron chi connectivity index (χ1n) is 22.7. The maximum absolute atomic E-state index is 12.1. The van der Waals surface area contributed by atoms with Crippen molar-refractivity contribution in [1.82, 2.24) is 9.13 Å². The Labute approximate surface area is 391 Å². The van der Waals surface area contributed by atoms with Crippen LogP contribution in [-0.2, 0) is 0 Å². The first-order valence-corrected chi connectivity index (χ1v) is 23.5. The Morgan fingerprint density at radius 1 is 0.456 bits per heavy atom. The van der Waals surface area contributed by atoms with Crippen molar-refractivity contribution in [3.05, 3.63) is 211 Å². The van der Waals surface area contributed by atoms with Crippen molar-refractivity contribution in [3.8, 4) is 39.7 Å². The normalized spacial score (nSPS) is 12.1. The second kappa shape index (κ2) is 13.7. The van der Waals surface area contributed by atoms with Gasteiger partial charge in [-0.25, -0.2) is 4.85 Å². The van der Waals surface area contributed by atoms with Crippen LogP contribution in [0, 0.1) is 17.9 Å². The molecule has 0 unspecified atom stereocenters. The second-order valence-corrected chi connectivity index (χ2v) is 18.7. The number of hydrogen-bond acceptors (Lipinski definition) is 3. The molecule has 15 rings (SSSR count). The van der Waals surface area contributed by atoms with Crippen molar-refractivity contribution in [2.24, 2.45) is 0 Å². The fourth-order valence-electron chi connectivity index (χ4n) is 11.6. The van der Waals surface area contributed by atoms with E-state index in [2.05, 4.69) is 166 Å². The molecule has 0 bridgehead atoms. The lowest BCUT2D eigenvalue weighted by Crippen LogP contribution is -2.09. The molecule has 312 valence electrons. The molecule has 0 atom stereocenters. The fraction of sp³-hybridized carbons (Fsp3) is 0. The Morgan fingerprint density at radius 3 is 1.66 bits per heavy atom. The maximum atomic E-state index is 12.1. The zero-order valence-corrected chi connectivity index (χ0v) is 36.9. The van der Waals surface area contributed by atoms with Crippen LogP contribution in [0.2, 0.25) is 0 Å². The molecule has 0 saturated carbocycles. The predicted molar refractivity (Wildman–Crippen MR) is 283 cm³/mol. The highest BCUT2D eigenvalue weighted by atomic mass is 32.1. The maximum Gasteiger partial charge on any atom is 0.220 e. The molecule has 0 fully saturated rings. The highest BCUT2D eigenvalue weighted by Gasteiger charge is 2.33. The molecule has 0 aliphatic heterocycles. The minimum atomic E-state index is 0.406. The van der Waals surface area contributed by atoms with Gasteiger partial charge in [0.1, 0.15) is 11.7 Å². The molecule has 0 N–H and O–H groups in total. The fourth-order valence-corrected chi connectivity index (χ4v) is 12.9. The van der Waals surface area contributed by atoms with Gasteiger partial charge in [-0.1, -0.05) is 164 Å². The number of rotatable bonds is 4. The average molecular weight is 881 g/mol. The van der Waals surface area contributed by atoms with E-state index in [1.54, 1.807) is 11.3 Å². The molecule has 0 aliphatic rings. The van der Waals surface area contributed by atoms with Crippen LogP contribution in [0.5, 0.6) is 0 Å². The van der Waals surface area contributed by atoms with Crippen molar-refractivity contribution in [2.75, 3.05) is 0 Å². The summed E-state index contributed by atoms with van der Waals surface area (Å²) in [7, 11) is 0. The minimum Gasteiger partial charge on any atom is -0.454 e. The van der Waals surface area contributed by atoms with Crippen molar-refractivity contribution < 1.29 is 4.42 Å². The number of thiophene rings is 1. The van der Waals surface area contributed by atoms with Crippen LogP contribution in [0.3, 0.4) is 0 Å². The molecule has 0 amide bonds. The second-order valence-electron chi connectivity index (χ2n) is 17.6. The third-order valence-corrected chi connectivity index (χ3v) is 15.5. The molecular weight excluding hydrogens is 849 g/mol. The van der Waals surface area contributed by atoms with Crippen LogP contribution in [0.15, 0.2) is 199 Å². The monoisotopic (exact) mass is 880 g/mol. The van der Waals surface area contributed by atoms with Gasteiger partial charge in [-0.3, -0.25) is 0 Å². The molecule has 0 spiro atoms. The summed E-state index contributed by atoms with van der Waals surface area (Å²) in [4.78, 5) is 4.57. The highest BCUT2D eigenvalue weighted by Crippen LogP contribution is 2.55. The number of nitrogens with zero attached hydrogens (tertiary/aromatic N) is 4. The molecule has 0 radical (unpaired) electrons. The van der Waals surface area contributed by atoms with E-state index in [1.807, 2.05) is 48.5 Å². The van der Waals surface area contributed by atoms with Gasteiger partial charge in [0.05, 0.1) is 50.3 Å². The van der Waals surface area contributed by atoms with E-state index in [9.17, 15) is 11.8 Å². The highest BCUT2D eigenvalue weighted by molar-refractivity contribution is 7.26. The van der Waals surface area contributed by atoms with Gasteiger partial charge in [-0.05, 0) is 63.0 Å². The van der Waals surface area contributed by atoms with Crippen LogP contribution < -0.4 is 0 Å². The Kier molecular flexibility index (Phi) is 7.45. The van der Waals surface area contributed by atoms with Gasteiger partial charge >= 0.3 is 0 Å². The standard InChI is InChI=1S/C62H32N4OS/c1-64-56-52(35-16-4-2-5-17-35)47(34-63)57(53(36-18-6-3-7-19-36)60(56)65-48-26-14-24-41-37-20-8-9-21-38(37)42-25-15-27-49(65)55(42)54(41)48)66-58-43(30-32-45-39-22-10-12-28-50(39)67-61(45)58)44-31-33-46-40-23-11-13-29-51(40)68-62(46)59(44)66/h2-33H. The minimum absolute atomic E-state index is 0.406. The Balaban J connectivity index is 1.26. The van der Waals surface area contributed by atoms with E-state index in [0.29, 0.717) is 22.5 Å². The molecule has 68 heavy (non-hydrogen) atoms. The van der Waals surface area contributed by atoms with Gasteiger partial charge in [0.2, 0.25) is 5.69 Å². The molecule has 11 aromatic carbocycles. The number of hydrogen-bond donors (Lipinski definition) is 0. The number of para-hydroxylation sites is 1. The first kappa shape index (κ1) is 37.1. The van der Waals surface area contributed by atoms with Gasteiger partial charge in [0.15, 0.2) is 5.58 Å². The van der Waals surface area contributed by atoms with E-state index in [0.717, 1.165) is 109 Å². The molecule has 4 heterocycles. The summed E-state index contributed by atoms with van der Waals surface area (Å²) < 4.78 is 14.0. The average Bonchev–Trinajstić information content (AvgIpc) is 4.16. The van der Waals surface area contributed by atoms with Crippen LogP contribution in [0.1, 0.15) is 5.56 Å². The molecular formula is C62H32N4OS. The Morgan fingerprint density at radius 2 is 1.00 bits per heavy atom. The summed E-state index contributed by atoms with van der Waals surface area (Å²) in [6, 6.07) is 70.7. The van der Waals surface area contributed by atoms with Gasteiger partial charge in [0, 0.05) is 58.9 Å². The molecule has 4 aromatic heterocycles. The summed E-state index contributed by atoms with van der Waals surface area (Å²) in [6.07, 6.45) is 0. The summed E-state index contributed by atoms with van der Waals surface area (Å²) in [5.74, 6) is 0. The van der Waals surface area contributed by atoms with E-state index in [-0.39, 0.29) is 0 Å². The molecule has 5 nitrogen and oxygen atoms in total. The smallest absolute Gasteiger partial charge is 0.220 e.